The number of carbonyl (C=O) groups is 1. The number of ether oxygens (including phenoxy) is 2. The van der Waals surface area contributed by atoms with E-state index in [1.807, 2.05) is 19.9 Å². The Kier molecular flexibility index (Phi) is 3.95. The van der Waals surface area contributed by atoms with Gasteiger partial charge in [-0.15, -0.1) is 0 Å². The second kappa shape index (κ2) is 5.82. The highest BCUT2D eigenvalue weighted by Crippen LogP contribution is 2.37. The molecule has 0 bridgehead atoms. The largest absolute Gasteiger partial charge is 0.484 e. The number of esters is 1. The van der Waals surface area contributed by atoms with Gasteiger partial charge >= 0.3 is 11.6 Å². The maximum absolute atomic E-state index is 12.1. The van der Waals surface area contributed by atoms with Gasteiger partial charge in [0.2, 0.25) is 0 Å². The first-order valence-corrected chi connectivity index (χ1v) is 7.90. The van der Waals surface area contributed by atoms with Gasteiger partial charge < -0.3 is 13.9 Å². The molecule has 1 aliphatic heterocycles. The summed E-state index contributed by atoms with van der Waals surface area (Å²) >= 11 is 0. The normalized spacial score (nSPS) is 19.5. The smallest absolute Gasteiger partial charge is 0.336 e. The zero-order valence-corrected chi connectivity index (χ0v) is 14.2. The van der Waals surface area contributed by atoms with Gasteiger partial charge in [0.25, 0.3) is 0 Å². The van der Waals surface area contributed by atoms with Gasteiger partial charge in [-0.1, -0.05) is 6.08 Å². The fourth-order valence-corrected chi connectivity index (χ4v) is 2.72. The third kappa shape index (κ3) is 2.94. The number of hydrogen-bond donors (Lipinski definition) is 0. The molecule has 5 heteroatoms. The summed E-state index contributed by atoms with van der Waals surface area (Å²) in [6, 6.07) is 6.73. The van der Waals surface area contributed by atoms with E-state index in [0.29, 0.717) is 23.3 Å². The van der Waals surface area contributed by atoms with E-state index in [4.69, 9.17) is 13.9 Å². The standard InChI is InChI=1S/C19H20O5/c1-5-11(2)18(21)23-16-9-13-8-12-6-7-17(20)22-14(12)10-15(13)24-19(16,3)4/h5-8,10,16H,9H2,1-4H3/b11-5-/t16-/m0/s1. The second-order valence-electron chi connectivity index (χ2n) is 6.53. The molecule has 1 aromatic heterocycles. The molecule has 0 amide bonds. The van der Waals surface area contributed by atoms with Gasteiger partial charge in [0.15, 0.2) is 0 Å². The molecule has 1 aliphatic rings. The quantitative estimate of drug-likeness (QED) is 0.480. The molecular formula is C19H20O5. The molecule has 3 rings (SSSR count). The summed E-state index contributed by atoms with van der Waals surface area (Å²) in [6.07, 6.45) is 1.86. The van der Waals surface area contributed by atoms with E-state index in [-0.39, 0.29) is 5.97 Å². The average molecular weight is 328 g/mol. The third-order valence-corrected chi connectivity index (χ3v) is 4.36. The first-order chi connectivity index (χ1) is 11.3. The summed E-state index contributed by atoms with van der Waals surface area (Å²) in [7, 11) is 0. The lowest BCUT2D eigenvalue weighted by atomic mass is 9.90. The number of carbonyl (C=O) groups excluding carboxylic acids is 1. The van der Waals surface area contributed by atoms with E-state index in [0.717, 1.165) is 10.9 Å². The Bertz CT molecular complexity index is 888. The van der Waals surface area contributed by atoms with Gasteiger partial charge in [-0.25, -0.2) is 9.59 Å². The molecule has 24 heavy (non-hydrogen) atoms. The predicted molar refractivity (Wildman–Crippen MR) is 90.2 cm³/mol. The highest BCUT2D eigenvalue weighted by molar-refractivity contribution is 5.88. The van der Waals surface area contributed by atoms with Gasteiger partial charge in [0.1, 0.15) is 23.0 Å². The van der Waals surface area contributed by atoms with Crippen LogP contribution in [0.15, 0.2) is 45.1 Å². The summed E-state index contributed by atoms with van der Waals surface area (Å²) in [5.41, 5.74) is 0.895. The molecule has 0 N–H and O–H groups in total. The molecule has 0 unspecified atom stereocenters. The van der Waals surface area contributed by atoms with E-state index in [2.05, 4.69) is 0 Å². The molecule has 5 nitrogen and oxygen atoms in total. The molecule has 0 spiro atoms. The van der Waals surface area contributed by atoms with E-state index < -0.39 is 17.3 Å². The van der Waals surface area contributed by atoms with Crippen LogP contribution in [0.3, 0.4) is 0 Å². The van der Waals surface area contributed by atoms with Crippen LogP contribution in [0, 0.1) is 0 Å². The van der Waals surface area contributed by atoms with Crippen molar-refractivity contribution >= 4 is 16.9 Å². The second-order valence-corrected chi connectivity index (χ2v) is 6.53. The minimum atomic E-state index is -0.681. The van der Waals surface area contributed by atoms with Gasteiger partial charge in [-0.3, -0.25) is 0 Å². The van der Waals surface area contributed by atoms with Crippen molar-refractivity contribution in [1.82, 2.24) is 0 Å². The van der Waals surface area contributed by atoms with Crippen molar-refractivity contribution < 1.29 is 18.7 Å². The van der Waals surface area contributed by atoms with Gasteiger partial charge in [-0.05, 0) is 45.4 Å². The fraction of sp³-hybridized carbons (Fsp3) is 0.368. The third-order valence-electron chi connectivity index (χ3n) is 4.36. The van der Waals surface area contributed by atoms with Gasteiger partial charge in [-0.2, -0.15) is 0 Å². The van der Waals surface area contributed by atoms with E-state index in [1.165, 1.54) is 6.07 Å². The lowest BCUT2D eigenvalue weighted by Crippen LogP contribution is -2.48. The Labute approximate surface area is 139 Å². The summed E-state index contributed by atoms with van der Waals surface area (Å²) in [5.74, 6) is 0.311. The number of benzene rings is 1. The number of allylic oxidation sites excluding steroid dienone is 1. The Morgan fingerprint density at radius 3 is 2.79 bits per heavy atom. The number of rotatable bonds is 2. The molecule has 1 aromatic carbocycles. The Balaban J connectivity index is 1.97. The summed E-state index contributed by atoms with van der Waals surface area (Å²) in [6.45, 7) is 7.28. The maximum atomic E-state index is 12.1. The molecule has 126 valence electrons. The molecule has 1 atom stereocenters. The molecule has 0 aliphatic carbocycles. The van der Waals surface area contributed by atoms with Crippen molar-refractivity contribution in [2.45, 2.75) is 45.8 Å². The van der Waals surface area contributed by atoms with E-state index in [1.54, 1.807) is 32.1 Å². The molecular weight excluding hydrogens is 308 g/mol. The Morgan fingerprint density at radius 2 is 2.08 bits per heavy atom. The first kappa shape index (κ1) is 16.3. The van der Waals surface area contributed by atoms with Gasteiger partial charge in [0.05, 0.1) is 0 Å². The van der Waals surface area contributed by atoms with Crippen molar-refractivity contribution in [2.24, 2.45) is 0 Å². The van der Waals surface area contributed by atoms with Crippen LogP contribution in [0.1, 0.15) is 33.3 Å². The molecule has 2 heterocycles. The Morgan fingerprint density at radius 1 is 1.33 bits per heavy atom. The van der Waals surface area contributed by atoms with Crippen LogP contribution in [0.25, 0.3) is 11.0 Å². The predicted octanol–water partition coefficient (Wildman–Crippen LogP) is 3.38. The van der Waals surface area contributed by atoms with Crippen LogP contribution in [0.2, 0.25) is 0 Å². The molecule has 0 radical (unpaired) electrons. The molecule has 0 fully saturated rings. The van der Waals surface area contributed by atoms with Crippen LogP contribution in [-0.4, -0.2) is 17.7 Å². The zero-order chi connectivity index (χ0) is 17.5. The van der Waals surface area contributed by atoms with Crippen LogP contribution < -0.4 is 10.4 Å². The van der Waals surface area contributed by atoms with Crippen molar-refractivity contribution in [1.29, 1.82) is 0 Å². The summed E-state index contributed by atoms with van der Waals surface area (Å²) in [5, 5.41) is 0.811. The number of fused-ring (bicyclic) bond motifs is 2. The summed E-state index contributed by atoms with van der Waals surface area (Å²) in [4.78, 5) is 23.5. The van der Waals surface area contributed by atoms with Crippen LogP contribution in [0.4, 0.5) is 0 Å². The Hall–Kier alpha value is -2.56. The summed E-state index contributed by atoms with van der Waals surface area (Å²) < 4.78 is 16.9. The van der Waals surface area contributed by atoms with Crippen molar-refractivity contribution in [3.63, 3.8) is 0 Å². The van der Waals surface area contributed by atoms with Crippen LogP contribution in [0.5, 0.6) is 5.75 Å². The first-order valence-electron chi connectivity index (χ1n) is 7.90. The zero-order valence-electron chi connectivity index (χ0n) is 14.2. The van der Waals surface area contributed by atoms with Crippen LogP contribution in [-0.2, 0) is 16.0 Å². The SMILES string of the molecule is C/C=C(/C)C(=O)O[C@H]1Cc2cc3ccc(=O)oc3cc2OC1(C)C. The van der Waals surface area contributed by atoms with E-state index >= 15 is 0 Å². The highest BCUT2D eigenvalue weighted by Gasteiger charge is 2.40. The monoisotopic (exact) mass is 328 g/mol. The lowest BCUT2D eigenvalue weighted by Gasteiger charge is -2.39. The topological polar surface area (TPSA) is 65.7 Å². The van der Waals surface area contributed by atoms with E-state index in [9.17, 15) is 9.59 Å². The lowest BCUT2D eigenvalue weighted by molar-refractivity contribution is -0.156. The molecule has 2 aromatic rings. The van der Waals surface area contributed by atoms with Gasteiger partial charge in [0, 0.05) is 29.5 Å². The molecule has 0 saturated heterocycles. The highest BCUT2D eigenvalue weighted by atomic mass is 16.6. The molecule has 0 saturated carbocycles. The van der Waals surface area contributed by atoms with Crippen molar-refractivity contribution in [3.8, 4) is 5.75 Å². The number of hydrogen-bond acceptors (Lipinski definition) is 5. The average Bonchev–Trinajstić information content (AvgIpc) is 2.52. The minimum absolute atomic E-state index is 0.339. The van der Waals surface area contributed by atoms with Crippen molar-refractivity contribution in [2.75, 3.05) is 0 Å². The fourth-order valence-electron chi connectivity index (χ4n) is 2.72. The van der Waals surface area contributed by atoms with Crippen LogP contribution >= 0.6 is 0 Å². The maximum Gasteiger partial charge on any atom is 0.336 e. The van der Waals surface area contributed by atoms with Crippen molar-refractivity contribution in [3.05, 3.63) is 51.9 Å². The minimum Gasteiger partial charge on any atom is -0.484 e.